The number of nitrogens with one attached hydrogen (secondary N) is 1. The number of para-hydroxylation sites is 1. The molecule has 1 amide bonds. The topological polar surface area (TPSA) is 59.8 Å². The molecule has 0 saturated carbocycles. The lowest BCUT2D eigenvalue weighted by molar-refractivity contribution is -0.121. The Bertz CT molecular complexity index is 819. The molecule has 0 aliphatic heterocycles. The van der Waals surface area contributed by atoms with Gasteiger partial charge in [0.25, 0.3) is 0 Å². The maximum absolute atomic E-state index is 11.9. The molecule has 0 radical (unpaired) electrons. The number of amides is 1. The van der Waals surface area contributed by atoms with Gasteiger partial charge in [0, 0.05) is 25.2 Å². The van der Waals surface area contributed by atoms with Crippen molar-refractivity contribution < 1.29 is 4.79 Å². The SMILES string of the molecule is Cc1cc(C)n(CCCNC(=O)CCCc2nc3ccccc3s2)n1. The van der Waals surface area contributed by atoms with Crippen LogP contribution in [-0.2, 0) is 17.8 Å². The molecule has 3 rings (SSSR count). The maximum Gasteiger partial charge on any atom is 0.220 e. The van der Waals surface area contributed by atoms with Gasteiger partial charge >= 0.3 is 0 Å². The van der Waals surface area contributed by atoms with Crippen molar-refractivity contribution in [1.82, 2.24) is 20.1 Å². The normalized spacial score (nSPS) is 11.1. The average molecular weight is 356 g/mol. The number of carbonyl (C=O) groups is 1. The van der Waals surface area contributed by atoms with Crippen LogP contribution in [0.1, 0.15) is 35.7 Å². The number of fused-ring (bicyclic) bond motifs is 1. The van der Waals surface area contributed by atoms with Crippen molar-refractivity contribution in [2.45, 2.75) is 46.1 Å². The van der Waals surface area contributed by atoms with Gasteiger partial charge in [-0.2, -0.15) is 5.10 Å². The Labute approximate surface area is 152 Å². The third kappa shape index (κ3) is 4.89. The molecule has 2 heterocycles. The Morgan fingerprint density at radius 1 is 1.24 bits per heavy atom. The van der Waals surface area contributed by atoms with Crippen molar-refractivity contribution in [2.75, 3.05) is 6.54 Å². The predicted octanol–water partition coefficient (Wildman–Crippen LogP) is 3.64. The van der Waals surface area contributed by atoms with Gasteiger partial charge in [-0.15, -0.1) is 11.3 Å². The Kier molecular flexibility index (Phi) is 5.81. The fourth-order valence-electron chi connectivity index (χ4n) is 2.87. The van der Waals surface area contributed by atoms with E-state index < -0.39 is 0 Å². The van der Waals surface area contributed by atoms with Crippen LogP contribution < -0.4 is 5.32 Å². The molecule has 1 N–H and O–H groups in total. The molecule has 3 aromatic rings. The highest BCUT2D eigenvalue weighted by atomic mass is 32.1. The lowest BCUT2D eigenvalue weighted by Gasteiger charge is -2.06. The zero-order valence-electron chi connectivity index (χ0n) is 14.8. The molecular formula is C19H24N4OS. The predicted molar refractivity (Wildman–Crippen MR) is 102 cm³/mol. The quantitative estimate of drug-likeness (QED) is 0.627. The van der Waals surface area contributed by atoms with E-state index in [2.05, 4.69) is 34.5 Å². The van der Waals surface area contributed by atoms with E-state index in [1.165, 1.54) is 10.4 Å². The lowest BCUT2D eigenvalue weighted by Crippen LogP contribution is -2.25. The standard InChI is InChI=1S/C19H24N4OS/c1-14-13-15(2)23(22-14)12-6-11-20-18(24)9-5-10-19-21-16-7-3-4-8-17(16)25-19/h3-4,7-8,13H,5-6,9-12H2,1-2H3,(H,20,24). The van der Waals surface area contributed by atoms with Crippen LogP contribution in [0.5, 0.6) is 0 Å². The van der Waals surface area contributed by atoms with Gasteiger partial charge in [-0.3, -0.25) is 9.48 Å². The first-order valence-corrected chi connectivity index (χ1v) is 9.55. The van der Waals surface area contributed by atoms with Gasteiger partial charge in [0.2, 0.25) is 5.91 Å². The van der Waals surface area contributed by atoms with Crippen molar-refractivity contribution >= 4 is 27.5 Å². The monoisotopic (exact) mass is 356 g/mol. The van der Waals surface area contributed by atoms with Crippen LogP contribution in [0.15, 0.2) is 30.3 Å². The number of hydrogen-bond donors (Lipinski definition) is 1. The van der Waals surface area contributed by atoms with Gasteiger partial charge in [-0.05, 0) is 51.3 Å². The molecule has 25 heavy (non-hydrogen) atoms. The minimum Gasteiger partial charge on any atom is -0.356 e. The van der Waals surface area contributed by atoms with Gasteiger partial charge < -0.3 is 5.32 Å². The van der Waals surface area contributed by atoms with Gasteiger partial charge in [0.1, 0.15) is 0 Å². The summed E-state index contributed by atoms with van der Waals surface area (Å²) in [5, 5.41) is 8.53. The van der Waals surface area contributed by atoms with Gasteiger partial charge in [0.05, 0.1) is 20.9 Å². The number of aryl methyl sites for hydroxylation is 4. The second-order valence-electron chi connectivity index (χ2n) is 6.28. The van der Waals surface area contributed by atoms with E-state index >= 15 is 0 Å². The molecule has 0 fully saturated rings. The first kappa shape index (κ1) is 17.6. The van der Waals surface area contributed by atoms with Crippen LogP contribution in [-0.4, -0.2) is 27.2 Å². The van der Waals surface area contributed by atoms with Crippen LogP contribution in [0.3, 0.4) is 0 Å². The van der Waals surface area contributed by atoms with E-state index in [0.717, 1.165) is 42.0 Å². The van der Waals surface area contributed by atoms with Gasteiger partial charge in [-0.1, -0.05) is 12.1 Å². The van der Waals surface area contributed by atoms with E-state index in [1.54, 1.807) is 11.3 Å². The maximum atomic E-state index is 11.9. The lowest BCUT2D eigenvalue weighted by atomic mass is 10.2. The molecule has 0 unspecified atom stereocenters. The van der Waals surface area contributed by atoms with Crippen LogP contribution >= 0.6 is 11.3 Å². The van der Waals surface area contributed by atoms with Crippen molar-refractivity contribution in [1.29, 1.82) is 0 Å². The van der Waals surface area contributed by atoms with Crippen LogP contribution in [0.2, 0.25) is 0 Å². The second kappa shape index (κ2) is 8.25. The van der Waals surface area contributed by atoms with Crippen molar-refractivity contribution in [3.05, 3.63) is 46.7 Å². The summed E-state index contributed by atoms with van der Waals surface area (Å²) in [5.74, 6) is 0.120. The van der Waals surface area contributed by atoms with Crippen LogP contribution in [0.4, 0.5) is 0 Å². The Balaban J connectivity index is 1.33. The van der Waals surface area contributed by atoms with Crippen LogP contribution in [0.25, 0.3) is 10.2 Å². The second-order valence-corrected chi connectivity index (χ2v) is 7.40. The number of rotatable bonds is 8. The van der Waals surface area contributed by atoms with Crippen molar-refractivity contribution in [2.24, 2.45) is 0 Å². The van der Waals surface area contributed by atoms with Crippen molar-refractivity contribution in [3.8, 4) is 0 Å². The minimum absolute atomic E-state index is 0.120. The summed E-state index contributed by atoms with van der Waals surface area (Å²) >= 11 is 1.72. The molecule has 6 heteroatoms. The summed E-state index contributed by atoms with van der Waals surface area (Å²) in [7, 11) is 0. The van der Waals surface area contributed by atoms with E-state index in [1.807, 2.05) is 29.8 Å². The molecule has 0 saturated heterocycles. The molecular weight excluding hydrogens is 332 g/mol. The van der Waals surface area contributed by atoms with Gasteiger partial charge in [0.15, 0.2) is 0 Å². The number of benzene rings is 1. The molecule has 1 aromatic carbocycles. The summed E-state index contributed by atoms with van der Waals surface area (Å²) in [6.45, 7) is 5.58. The molecule has 0 atom stereocenters. The smallest absolute Gasteiger partial charge is 0.220 e. The van der Waals surface area contributed by atoms with E-state index in [4.69, 9.17) is 0 Å². The summed E-state index contributed by atoms with van der Waals surface area (Å²) in [4.78, 5) is 16.5. The fourth-order valence-corrected chi connectivity index (χ4v) is 3.88. The fraction of sp³-hybridized carbons (Fsp3) is 0.421. The molecule has 5 nitrogen and oxygen atoms in total. The summed E-state index contributed by atoms with van der Waals surface area (Å²) in [6.07, 6.45) is 3.14. The number of aromatic nitrogens is 3. The molecule has 132 valence electrons. The summed E-state index contributed by atoms with van der Waals surface area (Å²) < 4.78 is 3.21. The largest absolute Gasteiger partial charge is 0.356 e. The van der Waals surface area contributed by atoms with Gasteiger partial charge in [-0.25, -0.2) is 4.98 Å². The Morgan fingerprint density at radius 3 is 2.84 bits per heavy atom. The molecule has 0 spiro atoms. The zero-order valence-corrected chi connectivity index (χ0v) is 15.6. The third-order valence-electron chi connectivity index (χ3n) is 4.10. The number of hydrogen-bond acceptors (Lipinski definition) is 4. The summed E-state index contributed by atoms with van der Waals surface area (Å²) in [6, 6.07) is 10.2. The Hall–Kier alpha value is -2.21. The summed E-state index contributed by atoms with van der Waals surface area (Å²) in [5.41, 5.74) is 3.26. The third-order valence-corrected chi connectivity index (χ3v) is 5.20. The van der Waals surface area contributed by atoms with E-state index in [-0.39, 0.29) is 5.91 Å². The highest BCUT2D eigenvalue weighted by Crippen LogP contribution is 2.22. The number of nitrogens with zero attached hydrogens (tertiary/aromatic N) is 3. The Morgan fingerprint density at radius 2 is 2.08 bits per heavy atom. The highest BCUT2D eigenvalue weighted by Gasteiger charge is 2.06. The van der Waals surface area contributed by atoms with Crippen molar-refractivity contribution in [3.63, 3.8) is 0 Å². The minimum atomic E-state index is 0.120. The average Bonchev–Trinajstić information content (AvgIpc) is 3.13. The molecule has 0 aliphatic rings. The van der Waals surface area contributed by atoms with E-state index in [0.29, 0.717) is 13.0 Å². The molecule has 0 aliphatic carbocycles. The highest BCUT2D eigenvalue weighted by molar-refractivity contribution is 7.18. The number of carbonyl (C=O) groups excluding carboxylic acids is 1. The van der Waals surface area contributed by atoms with Crippen LogP contribution in [0, 0.1) is 13.8 Å². The molecule has 2 aromatic heterocycles. The zero-order chi connectivity index (χ0) is 17.6. The number of thiazole rings is 1. The molecule has 0 bridgehead atoms. The first-order chi connectivity index (χ1) is 12.1. The van der Waals surface area contributed by atoms with E-state index in [9.17, 15) is 4.79 Å². The first-order valence-electron chi connectivity index (χ1n) is 8.74.